The summed E-state index contributed by atoms with van der Waals surface area (Å²) in [4.78, 5) is 0.0433. The average molecular weight is 172 g/mol. The standard InChI is InChI=1S/C7H15N3O2/c1-5-6-9(7(2,3)4)10(12)8-11/h5,11H,1,6H2,2-4H3/p-1/b10-8-. The van der Waals surface area contributed by atoms with E-state index in [0.717, 1.165) is 0 Å². The van der Waals surface area contributed by atoms with Crippen LogP contribution in [-0.2, 0) is 0 Å². The molecular weight excluding hydrogens is 158 g/mol. The SMILES string of the molecule is C=CCN(/[N+]([O-])=N/[O-])C(C)(C)C. The Morgan fingerprint density at radius 3 is 2.33 bits per heavy atom. The van der Waals surface area contributed by atoms with E-state index in [4.69, 9.17) is 0 Å². The van der Waals surface area contributed by atoms with Gasteiger partial charge in [-0.3, -0.25) is 0 Å². The molecule has 0 aliphatic rings. The van der Waals surface area contributed by atoms with Crippen LogP contribution in [0.5, 0.6) is 0 Å². The lowest BCUT2D eigenvalue weighted by Crippen LogP contribution is -2.45. The van der Waals surface area contributed by atoms with Crippen molar-refractivity contribution < 1.29 is 4.97 Å². The van der Waals surface area contributed by atoms with E-state index in [0.29, 0.717) is 6.54 Å². The lowest BCUT2D eigenvalue weighted by Gasteiger charge is -2.30. The van der Waals surface area contributed by atoms with Gasteiger partial charge in [-0.25, -0.2) is 0 Å². The second-order valence-electron chi connectivity index (χ2n) is 3.38. The lowest BCUT2D eigenvalue weighted by molar-refractivity contribution is -0.704. The van der Waals surface area contributed by atoms with Crippen molar-refractivity contribution in [3.8, 4) is 0 Å². The summed E-state index contributed by atoms with van der Waals surface area (Å²) in [5.74, 6) is 0. The average Bonchev–Trinajstić information content (AvgIpc) is 1.96. The fourth-order valence-corrected chi connectivity index (χ4v) is 0.767. The molecule has 0 rings (SSSR count). The second-order valence-corrected chi connectivity index (χ2v) is 3.38. The Bertz CT molecular complexity index is 184. The highest BCUT2D eigenvalue weighted by Gasteiger charge is 2.26. The smallest absolute Gasteiger partial charge is 0.0952 e. The largest absolute Gasteiger partial charge is 0.737 e. The molecule has 0 radical (unpaired) electrons. The maximum atomic E-state index is 10.9. The minimum atomic E-state index is -0.427. The van der Waals surface area contributed by atoms with Gasteiger partial charge in [0.15, 0.2) is 0 Å². The van der Waals surface area contributed by atoms with Gasteiger partial charge in [0, 0.05) is 4.97 Å². The molecule has 0 aliphatic carbocycles. The van der Waals surface area contributed by atoms with Crippen molar-refractivity contribution in [2.75, 3.05) is 6.54 Å². The first-order valence-electron chi connectivity index (χ1n) is 3.62. The number of rotatable bonds is 3. The van der Waals surface area contributed by atoms with Gasteiger partial charge in [-0.15, -0.1) is 11.6 Å². The van der Waals surface area contributed by atoms with E-state index in [1.54, 1.807) is 6.08 Å². The van der Waals surface area contributed by atoms with Gasteiger partial charge in [-0.2, -0.15) is 0 Å². The van der Waals surface area contributed by atoms with Gasteiger partial charge in [0.25, 0.3) is 0 Å². The van der Waals surface area contributed by atoms with E-state index < -0.39 is 5.54 Å². The molecule has 0 aromatic heterocycles. The molecule has 0 atom stereocenters. The van der Waals surface area contributed by atoms with E-state index in [2.05, 4.69) is 11.9 Å². The summed E-state index contributed by atoms with van der Waals surface area (Å²) >= 11 is 0. The quantitative estimate of drug-likeness (QED) is 0.281. The molecule has 0 N–H and O–H groups in total. The van der Waals surface area contributed by atoms with E-state index >= 15 is 0 Å². The van der Waals surface area contributed by atoms with Crippen molar-refractivity contribution in [2.24, 2.45) is 5.28 Å². The van der Waals surface area contributed by atoms with Crippen LogP contribution in [0.4, 0.5) is 0 Å². The Hall–Kier alpha value is -1.26. The van der Waals surface area contributed by atoms with Crippen molar-refractivity contribution in [2.45, 2.75) is 26.3 Å². The van der Waals surface area contributed by atoms with Crippen LogP contribution in [0.2, 0.25) is 0 Å². The summed E-state index contributed by atoms with van der Waals surface area (Å²) in [6.07, 6.45) is 1.54. The first-order valence-corrected chi connectivity index (χ1v) is 3.62. The fraction of sp³-hybridized carbons (Fsp3) is 0.714. The van der Waals surface area contributed by atoms with Crippen LogP contribution in [0.1, 0.15) is 20.8 Å². The molecular formula is C7H14N3O2-. The molecule has 0 aromatic carbocycles. The zero-order valence-corrected chi connectivity index (χ0v) is 7.65. The maximum absolute atomic E-state index is 10.9. The molecule has 0 unspecified atom stereocenters. The van der Waals surface area contributed by atoms with Gasteiger partial charge in [0.05, 0.1) is 12.1 Å². The van der Waals surface area contributed by atoms with E-state index in [-0.39, 0.29) is 4.97 Å². The fourth-order valence-electron chi connectivity index (χ4n) is 0.767. The van der Waals surface area contributed by atoms with Crippen molar-refractivity contribution in [1.82, 2.24) is 5.01 Å². The number of nitrogens with zero attached hydrogens (tertiary/aromatic N) is 3. The number of hydrogen-bond donors (Lipinski definition) is 0. The third-order valence-corrected chi connectivity index (χ3v) is 1.35. The van der Waals surface area contributed by atoms with Crippen LogP contribution in [0, 0.1) is 10.4 Å². The van der Waals surface area contributed by atoms with Crippen molar-refractivity contribution in [3.05, 3.63) is 23.1 Å². The molecule has 0 spiro atoms. The summed E-state index contributed by atoms with van der Waals surface area (Å²) in [7, 11) is 0. The van der Waals surface area contributed by atoms with Gasteiger partial charge in [0.1, 0.15) is 0 Å². The van der Waals surface area contributed by atoms with Gasteiger partial charge in [-0.1, -0.05) is 6.08 Å². The van der Waals surface area contributed by atoms with Crippen molar-refractivity contribution >= 4 is 0 Å². The Morgan fingerprint density at radius 2 is 2.08 bits per heavy atom. The summed E-state index contributed by atoms with van der Waals surface area (Å²) in [5, 5.41) is 24.4. The van der Waals surface area contributed by atoms with Crippen LogP contribution in [0.25, 0.3) is 0 Å². The van der Waals surface area contributed by atoms with Crippen molar-refractivity contribution in [1.29, 1.82) is 0 Å². The van der Waals surface area contributed by atoms with E-state index in [9.17, 15) is 10.4 Å². The molecule has 0 fully saturated rings. The summed E-state index contributed by atoms with van der Waals surface area (Å²) in [6, 6.07) is 0. The molecule has 0 amide bonds. The molecule has 0 heterocycles. The molecule has 5 nitrogen and oxygen atoms in total. The molecule has 0 saturated carbocycles. The highest BCUT2D eigenvalue weighted by atomic mass is 16.6. The Balaban J connectivity index is 4.55. The van der Waals surface area contributed by atoms with Gasteiger partial charge in [-0.05, 0) is 26.0 Å². The van der Waals surface area contributed by atoms with Crippen LogP contribution in [0.3, 0.4) is 0 Å². The first kappa shape index (κ1) is 10.7. The zero-order chi connectivity index (χ0) is 9.78. The third kappa shape index (κ3) is 2.77. The van der Waals surface area contributed by atoms with Gasteiger partial charge in [0.2, 0.25) is 0 Å². The lowest BCUT2D eigenvalue weighted by atomic mass is 10.1. The summed E-state index contributed by atoms with van der Waals surface area (Å²) in [5.41, 5.74) is -0.427. The summed E-state index contributed by atoms with van der Waals surface area (Å²) < 4.78 is 0. The van der Waals surface area contributed by atoms with Gasteiger partial charge >= 0.3 is 0 Å². The van der Waals surface area contributed by atoms with E-state index in [1.807, 2.05) is 20.8 Å². The zero-order valence-electron chi connectivity index (χ0n) is 7.65. The molecule has 0 saturated heterocycles. The molecule has 0 bridgehead atoms. The topological polar surface area (TPSA) is 64.7 Å². The Labute approximate surface area is 72.1 Å². The first-order chi connectivity index (χ1) is 5.43. The molecule has 12 heavy (non-hydrogen) atoms. The predicted molar refractivity (Wildman–Crippen MR) is 46.1 cm³/mol. The summed E-state index contributed by atoms with van der Waals surface area (Å²) in [6.45, 7) is 9.22. The second kappa shape index (κ2) is 3.94. The van der Waals surface area contributed by atoms with Crippen LogP contribution in [0.15, 0.2) is 17.9 Å². The Morgan fingerprint density at radius 1 is 1.58 bits per heavy atom. The number of hydrogen-bond acceptors (Lipinski definition) is 3. The van der Waals surface area contributed by atoms with Gasteiger partial charge < -0.3 is 10.4 Å². The van der Waals surface area contributed by atoms with Crippen LogP contribution < -0.4 is 0 Å². The minimum absolute atomic E-state index is 0.0433. The van der Waals surface area contributed by atoms with Crippen molar-refractivity contribution in [3.63, 3.8) is 0 Å². The third-order valence-electron chi connectivity index (χ3n) is 1.35. The van der Waals surface area contributed by atoms with Crippen LogP contribution >= 0.6 is 0 Å². The predicted octanol–water partition coefficient (Wildman–Crippen LogP) is 1.65. The maximum Gasteiger partial charge on any atom is 0.0952 e. The monoisotopic (exact) mass is 172 g/mol. The van der Waals surface area contributed by atoms with E-state index in [1.165, 1.54) is 5.01 Å². The minimum Gasteiger partial charge on any atom is -0.737 e. The Kier molecular flexibility index (Phi) is 3.53. The highest BCUT2D eigenvalue weighted by Crippen LogP contribution is 2.12. The molecule has 0 aliphatic heterocycles. The number of hydrazine groups is 1. The molecule has 0 aromatic rings. The normalized spacial score (nSPS) is 12.8. The van der Waals surface area contributed by atoms with Crippen LogP contribution in [-0.4, -0.2) is 22.1 Å². The molecule has 5 heteroatoms. The molecule has 70 valence electrons. The highest BCUT2D eigenvalue weighted by molar-refractivity contribution is 4.77.